The average Bonchev–Trinajstić information content (AvgIpc) is 3.20. The Morgan fingerprint density at radius 1 is 1.22 bits per heavy atom. The Labute approximate surface area is 151 Å². The van der Waals surface area contributed by atoms with E-state index in [-0.39, 0.29) is 12.2 Å². The molecule has 3 aromatic rings. The Morgan fingerprint density at radius 2 is 2.04 bits per heavy atom. The van der Waals surface area contributed by atoms with E-state index in [1.54, 1.807) is 12.1 Å². The number of anilines is 1. The summed E-state index contributed by atoms with van der Waals surface area (Å²) in [6.45, 7) is 1.55. The van der Waals surface area contributed by atoms with Crippen LogP contribution in [-0.2, 0) is 13.0 Å². The summed E-state index contributed by atoms with van der Waals surface area (Å²) in [5.74, 6) is 0.730. The molecule has 0 fully saturated rings. The zero-order chi connectivity index (χ0) is 18.8. The normalized spacial score (nSPS) is 18.2. The highest BCUT2D eigenvalue weighted by molar-refractivity contribution is 5.70. The van der Waals surface area contributed by atoms with E-state index in [0.29, 0.717) is 17.3 Å². The highest BCUT2D eigenvalue weighted by Gasteiger charge is 2.43. The van der Waals surface area contributed by atoms with Crippen molar-refractivity contribution in [3.8, 4) is 11.3 Å². The van der Waals surface area contributed by atoms with Gasteiger partial charge in [-0.1, -0.05) is 18.2 Å². The van der Waals surface area contributed by atoms with Gasteiger partial charge in [0.1, 0.15) is 11.9 Å². The van der Waals surface area contributed by atoms with Gasteiger partial charge < -0.3 is 5.32 Å². The topological polar surface area (TPSA) is 70.9 Å². The molecule has 0 saturated heterocycles. The minimum Gasteiger partial charge on any atom is -0.359 e. The van der Waals surface area contributed by atoms with Crippen LogP contribution in [0.3, 0.4) is 0 Å². The Morgan fingerprint density at radius 3 is 2.67 bits per heavy atom. The highest BCUT2D eigenvalue weighted by Crippen LogP contribution is 2.34. The first-order chi connectivity index (χ1) is 12.9. The van der Waals surface area contributed by atoms with Gasteiger partial charge in [0.15, 0.2) is 5.82 Å². The number of halogens is 3. The largest absolute Gasteiger partial charge is 0.410 e. The van der Waals surface area contributed by atoms with Crippen molar-refractivity contribution in [2.24, 2.45) is 4.99 Å². The Balaban J connectivity index is 1.68. The van der Waals surface area contributed by atoms with Crippen LogP contribution in [0.5, 0.6) is 0 Å². The first-order valence-electron chi connectivity index (χ1n) is 8.51. The standard InChI is InChI=1S/C18H15F3N6/c1-9-4-15(26-25-9)24-17-22-13(12-3-2-10-5-11(12)6-10)7-16-23-14(8-27(16)17)18(19,20)21/h2-5,7,14,23H,6,8H2,1H3,(H,25,26). The average molecular weight is 372 g/mol. The highest BCUT2D eigenvalue weighted by atomic mass is 19.4. The molecule has 27 heavy (non-hydrogen) atoms. The molecular weight excluding hydrogens is 357 g/mol. The Hall–Kier alpha value is -3.10. The van der Waals surface area contributed by atoms with Crippen molar-refractivity contribution >= 4 is 11.6 Å². The third-order valence-corrected chi connectivity index (χ3v) is 4.86. The van der Waals surface area contributed by atoms with Gasteiger partial charge in [-0.15, -0.1) is 0 Å². The van der Waals surface area contributed by atoms with Gasteiger partial charge in [-0.25, -0.2) is 4.98 Å². The lowest BCUT2D eigenvalue weighted by atomic mass is 9.87. The second-order valence-electron chi connectivity index (χ2n) is 6.86. The maximum absolute atomic E-state index is 13.2. The molecule has 6 nitrogen and oxygen atoms in total. The second-order valence-corrected chi connectivity index (χ2v) is 6.86. The smallest absolute Gasteiger partial charge is 0.359 e. The number of aryl methyl sites for hydroxylation is 1. The molecule has 9 heteroatoms. The molecule has 0 radical (unpaired) electrons. The zero-order valence-corrected chi connectivity index (χ0v) is 14.3. The van der Waals surface area contributed by atoms with Crippen molar-refractivity contribution in [2.45, 2.75) is 32.1 Å². The SMILES string of the molecule is Cc1cc(N=c2nc(-c3ccc4cc3C4)cc3n2CC(C(F)(F)F)N3)n[nH]1. The van der Waals surface area contributed by atoms with Gasteiger partial charge in [0.05, 0.1) is 12.2 Å². The van der Waals surface area contributed by atoms with Crippen LogP contribution < -0.4 is 10.9 Å². The number of nitrogens with one attached hydrogen (secondary N) is 2. The molecule has 6 rings (SSSR count). The van der Waals surface area contributed by atoms with Crippen LogP contribution in [0.2, 0.25) is 0 Å². The van der Waals surface area contributed by atoms with Crippen LogP contribution in [0.15, 0.2) is 35.3 Å². The first kappa shape index (κ1) is 16.1. The molecule has 138 valence electrons. The minimum absolute atomic E-state index is 0.198. The predicted octanol–water partition coefficient (Wildman–Crippen LogP) is 3.07. The fourth-order valence-corrected chi connectivity index (χ4v) is 3.44. The third kappa shape index (κ3) is 2.70. The molecule has 1 aromatic carbocycles. The Bertz CT molecular complexity index is 1120. The van der Waals surface area contributed by atoms with Crippen molar-refractivity contribution < 1.29 is 13.2 Å². The van der Waals surface area contributed by atoms with E-state index in [4.69, 9.17) is 0 Å². The maximum atomic E-state index is 13.2. The molecule has 1 aliphatic heterocycles. The summed E-state index contributed by atoms with van der Waals surface area (Å²) in [4.78, 5) is 8.94. The van der Waals surface area contributed by atoms with Crippen LogP contribution >= 0.6 is 0 Å². The van der Waals surface area contributed by atoms with Gasteiger partial charge >= 0.3 is 6.18 Å². The summed E-state index contributed by atoms with van der Waals surface area (Å²) in [7, 11) is 0. The van der Waals surface area contributed by atoms with Crippen molar-refractivity contribution in [1.82, 2.24) is 19.7 Å². The van der Waals surface area contributed by atoms with Crippen molar-refractivity contribution in [3.05, 3.63) is 52.8 Å². The zero-order valence-electron chi connectivity index (χ0n) is 14.3. The summed E-state index contributed by atoms with van der Waals surface area (Å²) in [6.07, 6.45) is -3.49. The number of H-pyrrole nitrogens is 1. The van der Waals surface area contributed by atoms with Crippen LogP contribution in [0.4, 0.5) is 24.8 Å². The van der Waals surface area contributed by atoms with Gasteiger partial charge in [-0.05, 0) is 24.5 Å². The maximum Gasteiger partial charge on any atom is 0.410 e. The number of aromatic amines is 1. The van der Waals surface area contributed by atoms with Crippen molar-refractivity contribution in [2.75, 3.05) is 5.32 Å². The van der Waals surface area contributed by atoms with E-state index in [0.717, 1.165) is 23.2 Å². The van der Waals surface area contributed by atoms with E-state index in [9.17, 15) is 13.2 Å². The van der Waals surface area contributed by atoms with Crippen LogP contribution in [0, 0.1) is 6.92 Å². The summed E-state index contributed by atoms with van der Waals surface area (Å²) in [6, 6.07) is 7.73. The van der Waals surface area contributed by atoms with Gasteiger partial charge in [-0.3, -0.25) is 9.67 Å². The van der Waals surface area contributed by atoms with Crippen LogP contribution in [0.1, 0.15) is 16.8 Å². The number of alkyl halides is 3. The number of aromatic nitrogens is 4. The summed E-state index contributed by atoms with van der Waals surface area (Å²) in [5.41, 5.74) is 4.91. The molecule has 1 atom stereocenters. The predicted molar refractivity (Wildman–Crippen MR) is 92.5 cm³/mol. The molecule has 0 saturated carbocycles. The summed E-state index contributed by atoms with van der Waals surface area (Å²) < 4.78 is 41.2. The molecule has 2 aromatic heterocycles. The van der Waals surface area contributed by atoms with E-state index in [1.807, 2.05) is 19.1 Å². The Kier molecular flexibility index (Phi) is 3.25. The van der Waals surface area contributed by atoms with Crippen molar-refractivity contribution in [3.63, 3.8) is 0 Å². The molecular formula is C18H15F3N6. The molecule has 3 aliphatic rings. The third-order valence-electron chi connectivity index (χ3n) is 4.86. The van der Waals surface area contributed by atoms with E-state index < -0.39 is 12.2 Å². The van der Waals surface area contributed by atoms with Gasteiger partial charge in [0.25, 0.3) is 0 Å². The minimum atomic E-state index is -4.36. The number of hydrogen-bond donors (Lipinski definition) is 2. The molecule has 2 N–H and O–H groups in total. The van der Waals surface area contributed by atoms with Crippen molar-refractivity contribution in [1.29, 1.82) is 0 Å². The van der Waals surface area contributed by atoms with E-state index >= 15 is 0 Å². The number of rotatable bonds is 2. The fraction of sp³-hybridized carbons (Fsp3) is 0.278. The number of nitrogens with zero attached hydrogens (tertiary/aromatic N) is 4. The molecule has 0 spiro atoms. The van der Waals surface area contributed by atoms with Gasteiger partial charge in [0.2, 0.25) is 5.62 Å². The number of benzene rings is 1. The van der Waals surface area contributed by atoms with Gasteiger partial charge in [-0.2, -0.15) is 23.3 Å². The lowest BCUT2D eigenvalue weighted by Crippen LogP contribution is -2.35. The quantitative estimate of drug-likeness (QED) is 0.568. The molecule has 0 amide bonds. The lowest BCUT2D eigenvalue weighted by Gasteiger charge is -2.19. The number of hydrogen-bond acceptors (Lipinski definition) is 4. The molecule has 3 heterocycles. The molecule has 2 aliphatic carbocycles. The van der Waals surface area contributed by atoms with E-state index in [2.05, 4.69) is 31.6 Å². The lowest BCUT2D eigenvalue weighted by molar-refractivity contribution is -0.142. The van der Waals surface area contributed by atoms with Crippen LogP contribution in [-0.4, -0.2) is 32.0 Å². The monoisotopic (exact) mass is 372 g/mol. The fourth-order valence-electron chi connectivity index (χ4n) is 3.44. The van der Waals surface area contributed by atoms with E-state index in [1.165, 1.54) is 10.1 Å². The van der Waals surface area contributed by atoms with Crippen LogP contribution in [0.25, 0.3) is 11.3 Å². The summed E-state index contributed by atoms with van der Waals surface area (Å²) >= 11 is 0. The molecule has 1 unspecified atom stereocenters. The number of fused-ring (bicyclic) bond motifs is 3. The summed E-state index contributed by atoms with van der Waals surface area (Å²) in [5, 5.41) is 9.38. The second kappa shape index (κ2) is 5.45. The first-order valence-corrected chi connectivity index (χ1v) is 8.51. The van der Waals surface area contributed by atoms with Gasteiger partial charge in [0, 0.05) is 23.4 Å². The molecule has 2 bridgehead atoms.